The van der Waals surface area contributed by atoms with Gasteiger partial charge in [-0.3, -0.25) is 9.69 Å². The molecule has 1 saturated heterocycles. The van der Waals surface area contributed by atoms with Crippen LogP contribution in [0, 0.1) is 19.8 Å². The second-order valence-corrected chi connectivity index (χ2v) is 5.75. The molecule has 0 spiro atoms. The van der Waals surface area contributed by atoms with Crippen molar-refractivity contribution in [2.24, 2.45) is 5.92 Å². The molecule has 0 amide bonds. The smallest absolute Gasteiger partial charge is 0.307 e. The lowest BCUT2D eigenvalue weighted by Crippen LogP contribution is -2.43. The van der Waals surface area contributed by atoms with Gasteiger partial charge in [0.05, 0.1) is 5.92 Å². The summed E-state index contributed by atoms with van der Waals surface area (Å²) in [5.74, 6) is -0.862. The number of rotatable bonds is 3. The van der Waals surface area contributed by atoms with Gasteiger partial charge in [-0.2, -0.15) is 0 Å². The van der Waals surface area contributed by atoms with Gasteiger partial charge in [0, 0.05) is 19.1 Å². The van der Waals surface area contributed by atoms with Crippen molar-refractivity contribution in [2.45, 2.75) is 46.2 Å². The Balaban J connectivity index is 2.12. The zero-order valence-electron chi connectivity index (χ0n) is 12.0. The molecule has 0 bridgehead atoms. The molecule has 3 heteroatoms. The van der Waals surface area contributed by atoms with Crippen LogP contribution < -0.4 is 0 Å². The normalized spacial score (nSPS) is 24.4. The molecule has 19 heavy (non-hydrogen) atoms. The van der Waals surface area contributed by atoms with E-state index in [9.17, 15) is 9.90 Å². The molecule has 1 fully saturated rings. The van der Waals surface area contributed by atoms with Gasteiger partial charge in [0.25, 0.3) is 0 Å². The number of likely N-dealkylation sites (tertiary alicyclic amines) is 1. The van der Waals surface area contributed by atoms with Gasteiger partial charge in [-0.05, 0) is 50.3 Å². The number of aryl methyl sites for hydroxylation is 1. The first-order valence-corrected chi connectivity index (χ1v) is 7.01. The van der Waals surface area contributed by atoms with E-state index in [0.717, 1.165) is 19.4 Å². The first-order valence-electron chi connectivity index (χ1n) is 7.01. The fourth-order valence-electron chi connectivity index (χ4n) is 2.80. The van der Waals surface area contributed by atoms with Crippen LogP contribution in [0.5, 0.6) is 0 Å². The third-order valence-electron chi connectivity index (χ3n) is 4.45. The Bertz CT molecular complexity index is 470. The highest BCUT2D eigenvalue weighted by atomic mass is 16.4. The molecular formula is C16H23NO2. The highest BCUT2D eigenvalue weighted by molar-refractivity contribution is 5.70. The summed E-state index contributed by atoms with van der Waals surface area (Å²) in [6.45, 7) is 8.00. The van der Waals surface area contributed by atoms with Gasteiger partial charge in [0.2, 0.25) is 0 Å². The molecular weight excluding hydrogens is 238 g/mol. The Morgan fingerprint density at radius 3 is 2.79 bits per heavy atom. The molecule has 0 aromatic heterocycles. The van der Waals surface area contributed by atoms with E-state index in [1.165, 1.54) is 16.7 Å². The van der Waals surface area contributed by atoms with E-state index in [-0.39, 0.29) is 5.92 Å². The maximum absolute atomic E-state index is 11.2. The molecule has 0 aliphatic carbocycles. The van der Waals surface area contributed by atoms with E-state index in [0.29, 0.717) is 12.6 Å². The van der Waals surface area contributed by atoms with E-state index in [4.69, 9.17) is 0 Å². The fraction of sp³-hybridized carbons (Fsp3) is 0.562. The van der Waals surface area contributed by atoms with Crippen molar-refractivity contribution in [2.75, 3.05) is 6.54 Å². The van der Waals surface area contributed by atoms with Gasteiger partial charge in [0.15, 0.2) is 0 Å². The third kappa shape index (κ3) is 3.16. The van der Waals surface area contributed by atoms with Crippen LogP contribution in [0.1, 0.15) is 36.5 Å². The van der Waals surface area contributed by atoms with Crippen LogP contribution in [0.3, 0.4) is 0 Å². The van der Waals surface area contributed by atoms with Gasteiger partial charge in [0.1, 0.15) is 0 Å². The average molecular weight is 261 g/mol. The van der Waals surface area contributed by atoms with Crippen LogP contribution in [0.4, 0.5) is 0 Å². The van der Waals surface area contributed by atoms with Gasteiger partial charge in [-0.25, -0.2) is 0 Å². The minimum Gasteiger partial charge on any atom is -0.481 e. The molecule has 1 aliphatic rings. The molecule has 1 aliphatic heterocycles. The molecule has 1 aromatic rings. The van der Waals surface area contributed by atoms with E-state index >= 15 is 0 Å². The second-order valence-electron chi connectivity index (χ2n) is 5.75. The molecule has 3 nitrogen and oxygen atoms in total. The lowest BCUT2D eigenvalue weighted by Gasteiger charge is -2.36. The predicted molar refractivity (Wildman–Crippen MR) is 76.1 cm³/mol. The summed E-state index contributed by atoms with van der Waals surface area (Å²) in [4.78, 5) is 13.5. The highest BCUT2D eigenvalue weighted by Gasteiger charge is 2.29. The van der Waals surface area contributed by atoms with Crippen LogP contribution in [0.2, 0.25) is 0 Å². The van der Waals surface area contributed by atoms with Gasteiger partial charge in [-0.1, -0.05) is 18.2 Å². The van der Waals surface area contributed by atoms with Crippen molar-refractivity contribution in [3.8, 4) is 0 Å². The van der Waals surface area contributed by atoms with Crippen molar-refractivity contribution in [1.82, 2.24) is 4.90 Å². The van der Waals surface area contributed by atoms with Crippen molar-refractivity contribution >= 4 is 5.97 Å². The molecule has 2 atom stereocenters. The predicted octanol–water partition coefficient (Wildman–Crippen LogP) is 2.99. The summed E-state index contributed by atoms with van der Waals surface area (Å²) in [6.07, 6.45) is 1.78. The molecule has 2 unspecified atom stereocenters. The molecule has 2 rings (SSSR count). The summed E-state index contributed by atoms with van der Waals surface area (Å²) in [5.41, 5.74) is 3.95. The summed E-state index contributed by atoms with van der Waals surface area (Å²) in [7, 11) is 0. The first-order chi connectivity index (χ1) is 8.99. The lowest BCUT2D eigenvalue weighted by molar-refractivity contribution is -0.144. The fourth-order valence-corrected chi connectivity index (χ4v) is 2.80. The zero-order chi connectivity index (χ0) is 14.0. The maximum Gasteiger partial charge on any atom is 0.307 e. The third-order valence-corrected chi connectivity index (χ3v) is 4.45. The van der Waals surface area contributed by atoms with E-state index in [1.807, 2.05) is 0 Å². The summed E-state index contributed by atoms with van der Waals surface area (Å²) >= 11 is 0. The molecule has 104 valence electrons. The molecule has 0 saturated carbocycles. The van der Waals surface area contributed by atoms with Crippen LogP contribution in [-0.2, 0) is 11.3 Å². The van der Waals surface area contributed by atoms with Crippen molar-refractivity contribution in [1.29, 1.82) is 0 Å². The van der Waals surface area contributed by atoms with Gasteiger partial charge < -0.3 is 5.11 Å². The summed E-state index contributed by atoms with van der Waals surface area (Å²) in [6, 6.07) is 6.83. The maximum atomic E-state index is 11.2. The number of carboxylic acid groups (broad SMARTS) is 1. The van der Waals surface area contributed by atoms with Crippen LogP contribution in [0.15, 0.2) is 18.2 Å². The number of hydrogen-bond acceptors (Lipinski definition) is 2. The highest BCUT2D eigenvalue weighted by Crippen LogP contribution is 2.25. The molecule has 1 heterocycles. The monoisotopic (exact) mass is 261 g/mol. The number of carboxylic acids is 1. The van der Waals surface area contributed by atoms with E-state index in [2.05, 4.69) is 43.9 Å². The summed E-state index contributed by atoms with van der Waals surface area (Å²) in [5, 5.41) is 9.18. The number of nitrogens with zero attached hydrogens (tertiary/aromatic N) is 1. The topological polar surface area (TPSA) is 40.5 Å². The van der Waals surface area contributed by atoms with Crippen LogP contribution in [0.25, 0.3) is 0 Å². The Morgan fingerprint density at radius 1 is 1.37 bits per heavy atom. The number of benzene rings is 1. The van der Waals surface area contributed by atoms with Crippen LogP contribution in [-0.4, -0.2) is 28.6 Å². The standard InChI is InChI=1S/C16H23NO2/c1-11-5-4-6-14(13(11)3)9-17-10-15(16(18)19)8-7-12(17)2/h4-6,12,15H,7-10H2,1-3H3,(H,18,19). The number of aliphatic carboxylic acids is 1. The molecule has 1 aromatic carbocycles. The van der Waals surface area contributed by atoms with E-state index in [1.54, 1.807) is 0 Å². The first kappa shape index (κ1) is 14.1. The van der Waals surface area contributed by atoms with Crippen molar-refractivity contribution in [3.05, 3.63) is 34.9 Å². The largest absolute Gasteiger partial charge is 0.481 e. The average Bonchev–Trinajstić information content (AvgIpc) is 2.37. The SMILES string of the molecule is Cc1cccc(CN2CC(C(=O)O)CCC2C)c1C. The summed E-state index contributed by atoms with van der Waals surface area (Å²) < 4.78 is 0. The van der Waals surface area contributed by atoms with Crippen molar-refractivity contribution < 1.29 is 9.90 Å². The zero-order valence-corrected chi connectivity index (χ0v) is 12.0. The Morgan fingerprint density at radius 2 is 2.11 bits per heavy atom. The number of hydrogen-bond donors (Lipinski definition) is 1. The quantitative estimate of drug-likeness (QED) is 0.909. The minimum atomic E-state index is -0.655. The number of piperidine rings is 1. The number of carbonyl (C=O) groups is 1. The van der Waals surface area contributed by atoms with Crippen LogP contribution >= 0.6 is 0 Å². The molecule has 1 N–H and O–H groups in total. The van der Waals surface area contributed by atoms with Crippen molar-refractivity contribution in [3.63, 3.8) is 0 Å². The van der Waals surface area contributed by atoms with Gasteiger partial charge in [-0.15, -0.1) is 0 Å². The van der Waals surface area contributed by atoms with Gasteiger partial charge >= 0.3 is 5.97 Å². The Hall–Kier alpha value is -1.35. The molecule has 0 radical (unpaired) electrons. The van der Waals surface area contributed by atoms with E-state index < -0.39 is 5.97 Å². The Labute approximate surface area is 115 Å². The Kier molecular flexibility index (Phi) is 4.25. The second kappa shape index (κ2) is 5.74. The lowest BCUT2D eigenvalue weighted by atomic mass is 9.92. The minimum absolute atomic E-state index is 0.207.